The van der Waals surface area contributed by atoms with Crippen LogP contribution >= 0.6 is 0 Å². The predicted octanol–water partition coefficient (Wildman–Crippen LogP) is 1.47. The number of benzene rings is 1. The SMILES string of the molecule is O=C1CC=C2C(=O)N(c3ccccc3)C(=O)C2C1. The minimum atomic E-state index is -0.570. The van der Waals surface area contributed by atoms with Crippen molar-refractivity contribution >= 4 is 23.3 Å². The number of anilines is 1. The number of carbonyl (C=O) groups is 3. The Kier molecular flexibility index (Phi) is 2.37. The summed E-state index contributed by atoms with van der Waals surface area (Å²) in [5, 5.41) is 0. The topological polar surface area (TPSA) is 54.5 Å². The molecule has 18 heavy (non-hydrogen) atoms. The van der Waals surface area contributed by atoms with Gasteiger partial charge in [-0.1, -0.05) is 24.3 Å². The maximum atomic E-state index is 12.2. The normalized spacial score (nSPS) is 23.1. The highest BCUT2D eigenvalue weighted by Crippen LogP contribution is 2.35. The van der Waals surface area contributed by atoms with Crippen molar-refractivity contribution < 1.29 is 14.4 Å². The van der Waals surface area contributed by atoms with Crippen molar-refractivity contribution in [3.63, 3.8) is 0 Å². The van der Waals surface area contributed by atoms with Gasteiger partial charge in [0.25, 0.3) is 5.91 Å². The van der Waals surface area contributed by atoms with Gasteiger partial charge in [0, 0.05) is 18.4 Å². The van der Waals surface area contributed by atoms with E-state index in [0.29, 0.717) is 11.3 Å². The molecule has 0 radical (unpaired) electrons. The minimum Gasteiger partial charge on any atom is -0.299 e. The lowest BCUT2D eigenvalue weighted by Crippen LogP contribution is -2.30. The lowest BCUT2D eigenvalue weighted by Gasteiger charge is -2.14. The number of hydrogen-bond donors (Lipinski definition) is 0. The Labute approximate surface area is 104 Å². The number of Topliss-reactive ketones (excluding diaryl/α,β-unsaturated/α-hetero) is 1. The number of rotatable bonds is 1. The van der Waals surface area contributed by atoms with Crippen molar-refractivity contribution in [3.05, 3.63) is 42.0 Å². The first-order valence-electron chi connectivity index (χ1n) is 5.83. The van der Waals surface area contributed by atoms with E-state index in [9.17, 15) is 14.4 Å². The number of nitrogens with zero attached hydrogens (tertiary/aromatic N) is 1. The Morgan fingerprint density at radius 3 is 2.50 bits per heavy atom. The monoisotopic (exact) mass is 241 g/mol. The number of hydrogen-bond acceptors (Lipinski definition) is 3. The zero-order chi connectivity index (χ0) is 12.7. The van der Waals surface area contributed by atoms with Gasteiger partial charge < -0.3 is 0 Å². The second-order valence-corrected chi connectivity index (χ2v) is 4.47. The second kappa shape index (κ2) is 3.91. The molecule has 0 saturated carbocycles. The van der Waals surface area contributed by atoms with Crippen LogP contribution in [0.4, 0.5) is 5.69 Å². The van der Waals surface area contributed by atoms with Crippen LogP contribution in [0.2, 0.25) is 0 Å². The molecule has 3 rings (SSSR count). The molecule has 0 N–H and O–H groups in total. The Balaban J connectivity index is 2.03. The van der Waals surface area contributed by atoms with Crippen LogP contribution < -0.4 is 4.90 Å². The summed E-state index contributed by atoms with van der Waals surface area (Å²) in [6, 6.07) is 8.81. The number of ketones is 1. The summed E-state index contributed by atoms with van der Waals surface area (Å²) in [6.07, 6.45) is 2.01. The van der Waals surface area contributed by atoms with Crippen molar-refractivity contribution in [3.8, 4) is 0 Å². The van der Waals surface area contributed by atoms with Crippen LogP contribution in [-0.2, 0) is 14.4 Å². The van der Waals surface area contributed by atoms with E-state index in [0.717, 1.165) is 0 Å². The van der Waals surface area contributed by atoms with E-state index >= 15 is 0 Å². The average Bonchev–Trinajstić information content (AvgIpc) is 2.63. The van der Waals surface area contributed by atoms with Gasteiger partial charge in [-0.05, 0) is 12.1 Å². The third-order valence-electron chi connectivity index (χ3n) is 3.34. The number of allylic oxidation sites excluding steroid dienone is 1. The third kappa shape index (κ3) is 1.49. The molecule has 2 aliphatic rings. The van der Waals surface area contributed by atoms with Crippen LogP contribution in [-0.4, -0.2) is 17.6 Å². The summed E-state index contributed by atoms with van der Waals surface area (Å²) in [6.45, 7) is 0. The first-order chi connectivity index (χ1) is 8.68. The highest BCUT2D eigenvalue weighted by Gasteiger charge is 2.45. The van der Waals surface area contributed by atoms with E-state index in [4.69, 9.17) is 0 Å². The van der Waals surface area contributed by atoms with E-state index in [1.165, 1.54) is 4.90 Å². The van der Waals surface area contributed by atoms with Gasteiger partial charge in [0.05, 0.1) is 11.6 Å². The molecule has 2 amide bonds. The molecular formula is C14H11NO3. The van der Waals surface area contributed by atoms with E-state index in [1.54, 1.807) is 30.3 Å². The molecule has 0 bridgehead atoms. The molecule has 1 atom stereocenters. The maximum Gasteiger partial charge on any atom is 0.261 e. The molecule has 4 heteroatoms. The molecule has 90 valence electrons. The molecule has 1 aliphatic carbocycles. The number of imide groups is 1. The maximum absolute atomic E-state index is 12.2. The molecule has 1 saturated heterocycles. The van der Waals surface area contributed by atoms with Crippen molar-refractivity contribution in [2.24, 2.45) is 5.92 Å². The molecule has 1 unspecified atom stereocenters. The molecular weight excluding hydrogens is 230 g/mol. The standard InChI is InChI=1S/C14H11NO3/c16-10-6-7-11-12(8-10)14(18)15(13(11)17)9-4-2-1-3-5-9/h1-5,7,12H,6,8H2. The van der Waals surface area contributed by atoms with Crippen LogP contribution in [0.1, 0.15) is 12.8 Å². The summed E-state index contributed by atoms with van der Waals surface area (Å²) >= 11 is 0. The van der Waals surface area contributed by atoms with E-state index in [-0.39, 0.29) is 30.4 Å². The lowest BCUT2D eigenvalue weighted by molar-refractivity contribution is -0.126. The largest absolute Gasteiger partial charge is 0.299 e. The quantitative estimate of drug-likeness (QED) is 0.699. The number of carbonyl (C=O) groups excluding carboxylic acids is 3. The van der Waals surface area contributed by atoms with E-state index in [2.05, 4.69) is 0 Å². The predicted molar refractivity (Wildman–Crippen MR) is 64.7 cm³/mol. The minimum absolute atomic E-state index is 0.0137. The zero-order valence-corrected chi connectivity index (χ0v) is 9.63. The fourth-order valence-electron chi connectivity index (χ4n) is 2.45. The first kappa shape index (κ1) is 10.9. The zero-order valence-electron chi connectivity index (χ0n) is 9.63. The van der Waals surface area contributed by atoms with Gasteiger partial charge in [-0.15, -0.1) is 0 Å². The van der Waals surface area contributed by atoms with E-state index in [1.807, 2.05) is 6.07 Å². The number of amides is 2. The molecule has 1 aromatic rings. The highest BCUT2D eigenvalue weighted by molar-refractivity contribution is 6.30. The summed E-state index contributed by atoms with van der Waals surface area (Å²) in [5.74, 6) is -1.13. The van der Waals surface area contributed by atoms with Gasteiger partial charge in [0.2, 0.25) is 5.91 Å². The van der Waals surface area contributed by atoms with Crippen LogP contribution in [0.25, 0.3) is 0 Å². The van der Waals surface area contributed by atoms with Crippen LogP contribution in [0.15, 0.2) is 42.0 Å². The highest BCUT2D eigenvalue weighted by atomic mass is 16.2. The second-order valence-electron chi connectivity index (χ2n) is 4.47. The van der Waals surface area contributed by atoms with Crippen LogP contribution in [0, 0.1) is 5.92 Å². The molecule has 1 aliphatic heterocycles. The smallest absolute Gasteiger partial charge is 0.261 e. The van der Waals surface area contributed by atoms with E-state index < -0.39 is 5.92 Å². The Morgan fingerprint density at radius 2 is 1.78 bits per heavy atom. The van der Waals surface area contributed by atoms with Gasteiger partial charge in [-0.2, -0.15) is 0 Å². The fraction of sp³-hybridized carbons (Fsp3) is 0.214. The Bertz CT molecular complexity index is 574. The molecule has 4 nitrogen and oxygen atoms in total. The Hall–Kier alpha value is -2.23. The van der Waals surface area contributed by atoms with Gasteiger partial charge in [0.1, 0.15) is 5.78 Å². The number of para-hydroxylation sites is 1. The third-order valence-corrected chi connectivity index (χ3v) is 3.34. The first-order valence-corrected chi connectivity index (χ1v) is 5.83. The summed E-state index contributed by atoms with van der Waals surface area (Å²) in [5.41, 5.74) is 1.04. The van der Waals surface area contributed by atoms with Crippen molar-refractivity contribution in [1.29, 1.82) is 0 Å². The number of fused-ring (bicyclic) bond motifs is 1. The Morgan fingerprint density at radius 1 is 1.06 bits per heavy atom. The molecule has 0 aromatic heterocycles. The molecule has 1 aromatic carbocycles. The summed E-state index contributed by atoms with van der Waals surface area (Å²) in [7, 11) is 0. The fourth-order valence-corrected chi connectivity index (χ4v) is 2.45. The van der Waals surface area contributed by atoms with Crippen molar-refractivity contribution in [1.82, 2.24) is 0 Å². The van der Waals surface area contributed by atoms with Gasteiger partial charge in [0.15, 0.2) is 0 Å². The van der Waals surface area contributed by atoms with Gasteiger partial charge in [-0.3, -0.25) is 14.4 Å². The average molecular weight is 241 g/mol. The lowest BCUT2D eigenvalue weighted by atomic mass is 9.89. The van der Waals surface area contributed by atoms with Crippen LogP contribution in [0.5, 0.6) is 0 Å². The summed E-state index contributed by atoms with van der Waals surface area (Å²) < 4.78 is 0. The van der Waals surface area contributed by atoms with Crippen LogP contribution in [0.3, 0.4) is 0 Å². The van der Waals surface area contributed by atoms with Gasteiger partial charge >= 0.3 is 0 Å². The molecule has 0 spiro atoms. The summed E-state index contributed by atoms with van der Waals surface area (Å²) in [4.78, 5) is 36.9. The molecule has 1 fully saturated rings. The van der Waals surface area contributed by atoms with Crippen molar-refractivity contribution in [2.45, 2.75) is 12.8 Å². The van der Waals surface area contributed by atoms with Gasteiger partial charge in [-0.25, -0.2) is 4.90 Å². The van der Waals surface area contributed by atoms with Crippen molar-refractivity contribution in [2.75, 3.05) is 4.90 Å². The molecule has 1 heterocycles.